The number of methoxy groups -OCH3 is 2. The zero-order chi connectivity index (χ0) is 22.5. The molecule has 1 aliphatic heterocycles. The largest absolute Gasteiger partial charge is 0.496 e. The number of rotatable bonds is 7. The lowest BCUT2D eigenvalue weighted by Crippen LogP contribution is -2.28. The molecule has 3 aromatic rings. The summed E-state index contributed by atoms with van der Waals surface area (Å²) in [5, 5.41) is 3.62. The van der Waals surface area contributed by atoms with Gasteiger partial charge in [-0.3, -0.25) is 0 Å². The first kappa shape index (κ1) is 22.0. The molecule has 4 heteroatoms. The number of ether oxygens (including phenoxy) is 3. The summed E-state index contributed by atoms with van der Waals surface area (Å²) in [7, 11) is 3.42. The maximum Gasteiger partial charge on any atom is 0.161 e. The van der Waals surface area contributed by atoms with Gasteiger partial charge in [-0.25, -0.2) is 0 Å². The zero-order valence-electron chi connectivity index (χ0n) is 19.3. The van der Waals surface area contributed by atoms with Crippen LogP contribution in [0.15, 0.2) is 60.7 Å². The molecule has 0 radical (unpaired) electrons. The van der Waals surface area contributed by atoms with Gasteiger partial charge >= 0.3 is 0 Å². The van der Waals surface area contributed by atoms with Crippen LogP contribution in [-0.4, -0.2) is 20.8 Å². The second-order valence-corrected chi connectivity index (χ2v) is 8.21. The maximum atomic E-state index is 6.12. The monoisotopic (exact) mass is 429 g/mol. The predicted octanol–water partition coefficient (Wildman–Crippen LogP) is 5.80. The molecular weight excluding hydrogens is 398 g/mol. The smallest absolute Gasteiger partial charge is 0.161 e. The Kier molecular flexibility index (Phi) is 6.81. The molecule has 1 heterocycles. The Morgan fingerprint density at radius 2 is 1.69 bits per heavy atom. The van der Waals surface area contributed by atoms with Gasteiger partial charge in [0.05, 0.1) is 20.3 Å². The molecule has 0 aromatic heterocycles. The number of hydrogen-bond donors (Lipinski definition) is 1. The SMILES string of the molecule is COc1cc2c(cc1OCc1ccccc1)CCNC2/C=C/c1cc(C)c(OC)c(C)c1. The summed E-state index contributed by atoms with van der Waals surface area (Å²) in [6, 6.07) is 18.9. The fourth-order valence-corrected chi connectivity index (χ4v) is 4.38. The lowest BCUT2D eigenvalue weighted by molar-refractivity contribution is 0.283. The first-order chi connectivity index (χ1) is 15.6. The zero-order valence-corrected chi connectivity index (χ0v) is 19.3. The van der Waals surface area contributed by atoms with E-state index in [9.17, 15) is 0 Å². The van der Waals surface area contributed by atoms with E-state index < -0.39 is 0 Å². The molecular formula is C28H31NO3. The van der Waals surface area contributed by atoms with E-state index in [1.165, 1.54) is 16.7 Å². The van der Waals surface area contributed by atoms with E-state index in [0.717, 1.165) is 46.9 Å². The standard InChI is InChI=1S/C28H31NO3/c1-19-14-22(15-20(2)28(19)31-4)10-11-25-24-17-26(30-3)27(16-23(24)12-13-29-25)32-18-21-8-6-5-7-9-21/h5-11,14-17,25,29H,12-13,18H2,1-4H3/b11-10+. The van der Waals surface area contributed by atoms with E-state index in [2.05, 4.69) is 67.7 Å². The van der Waals surface area contributed by atoms with Crippen LogP contribution in [0.1, 0.15) is 39.4 Å². The Hall–Kier alpha value is -3.24. The normalized spacial score (nSPS) is 15.4. The van der Waals surface area contributed by atoms with Crippen LogP contribution in [-0.2, 0) is 13.0 Å². The van der Waals surface area contributed by atoms with Crippen LogP contribution in [0.4, 0.5) is 0 Å². The molecule has 4 nitrogen and oxygen atoms in total. The van der Waals surface area contributed by atoms with Gasteiger partial charge in [0.15, 0.2) is 11.5 Å². The van der Waals surface area contributed by atoms with Gasteiger partial charge in [0.25, 0.3) is 0 Å². The van der Waals surface area contributed by atoms with Gasteiger partial charge < -0.3 is 19.5 Å². The van der Waals surface area contributed by atoms with Crippen molar-refractivity contribution in [1.82, 2.24) is 5.32 Å². The fraction of sp³-hybridized carbons (Fsp3) is 0.286. The highest BCUT2D eigenvalue weighted by molar-refractivity contribution is 5.58. The molecule has 32 heavy (non-hydrogen) atoms. The molecule has 1 unspecified atom stereocenters. The van der Waals surface area contributed by atoms with Crippen LogP contribution in [0.2, 0.25) is 0 Å². The molecule has 3 aromatic carbocycles. The Balaban J connectivity index is 1.57. The highest BCUT2D eigenvalue weighted by Gasteiger charge is 2.21. The Morgan fingerprint density at radius 3 is 2.38 bits per heavy atom. The van der Waals surface area contributed by atoms with Crippen molar-refractivity contribution in [1.29, 1.82) is 0 Å². The first-order valence-electron chi connectivity index (χ1n) is 11.0. The molecule has 166 valence electrons. The molecule has 1 aliphatic rings. The van der Waals surface area contributed by atoms with Gasteiger partial charge in [-0.2, -0.15) is 0 Å². The molecule has 4 rings (SSSR count). The Bertz CT molecular complexity index is 1080. The topological polar surface area (TPSA) is 39.7 Å². The number of benzene rings is 3. The molecule has 1 N–H and O–H groups in total. The minimum atomic E-state index is 0.124. The third-order valence-corrected chi connectivity index (χ3v) is 5.92. The third-order valence-electron chi connectivity index (χ3n) is 5.92. The molecule has 0 saturated carbocycles. The number of nitrogens with one attached hydrogen (secondary N) is 1. The summed E-state index contributed by atoms with van der Waals surface area (Å²) >= 11 is 0. The molecule has 0 bridgehead atoms. The van der Waals surface area contributed by atoms with Crippen molar-refractivity contribution in [3.8, 4) is 17.2 Å². The molecule has 0 aliphatic carbocycles. The van der Waals surface area contributed by atoms with Crippen molar-refractivity contribution in [3.63, 3.8) is 0 Å². The van der Waals surface area contributed by atoms with Crippen molar-refractivity contribution in [2.45, 2.75) is 32.9 Å². The molecule has 0 amide bonds. The molecule has 0 fully saturated rings. The van der Waals surface area contributed by atoms with Gasteiger partial charge in [0, 0.05) is 6.54 Å². The van der Waals surface area contributed by atoms with E-state index in [-0.39, 0.29) is 6.04 Å². The minimum Gasteiger partial charge on any atom is -0.496 e. The summed E-state index contributed by atoms with van der Waals surface area (Å²) in [6.45, 7) is 5.61. The van der Waals surface area contributed by atoms with E-state index in [1.54, 1.807) is 14.2 Å². The van der Waals surface area contributed by atoms with Crippen molar-refractivity contribution >= 4 is 6.08 Å². The summed E-state index contributed by atoms with van der Waals surface area (Å²) in [4.78, 5) is 0. The highest BCUT2D eigenvalue weighted by Crippen LogP contribution is 2.36. The van der Waals surface area contributed by atoms with Crippen LogP contribution in [0.3, 0.4) is 0 Å². The first-order valence-corrected chi connectivity index (χ1v) is 11.0. The Labute approximate surface area is 190 Å². The Morgan fingerprint density at radius 1 is 0.938 bits per heavy atom. The molecule has 1 atom stereocenters. The lowest BCUT2D eigenvalue weighted by Gasteiger charge is -2.26. The van der Waals surface area contributed by atoms with E-state index >= 15 is 0 Å². The van der Waals surface area contributed by atoms with Crippen molar-refractivity contribution in [2.24, 2.45) is 0 Å². The van der Waals surface area contributed by atoms with Crippen LogP contribution < -0.4 is 19.5 Å². The quantitative estimate of drug-likeness (QED) is 0.515. The summed E-state index contributed by atoms with van der Waals surface area (Å²) in [6.07, 6.45) is 5.37. The van der Waals surface area contributed by atoms with E-state index in [4.69, 9.17) is 14.2 Å². The summed E-state index contributed by atoms with van der Waals surface area (Å²) < 4.78 is 17.3. The van der Waals surface area contributed by atoms with Gasteiger partial charge in [-0.15, -0.1) is 0 Å². The average Bonchev–Trinajstić information content (AvgIpc) is 2.81. The molecule has 0 spiro atoms. The number of aryl methyl sites for hydroxylation is 2. The summed E-state index contributed by atoms with van der Waals surface area (Å²) in [5.74, 6) is 2.51. The van der Waals surface area contributed by atoms with Gasteiger partial charge in [0.1, 0.15) is 12.4 Å². The minimum absolute atomic E-state index is 0.124. The number of hydrogen-bond acceptors (Lipinski definition) is 4. The second kappa shape index (κ2) is 9.92. The third kappa shape index (κ3) is 4.81. The number of fused-ring (bicyclic) bond motifs is 1. The van der Waals surface area contributed by atoms with Crippen molar-refractivity contribution in [2.75, 3.05) is 20.8 Å². The van der Waals surface area contributed by atoms with Crippen LogP contribution >= 0.6 is 0 Å². The van der Waals surface area contributed by atoms with Crippen LogP contribution in [0.25, 0.3) is 6.08 Å². The molecule has 0 saturated heterocycles. The lowest BCUT2D eigenvalue weighted by atomic mass is 9.92. The van der Waals surface area contributed by atoms with Crippen molar-refractivity contribution in [3.05, 3.63) is 94.1 Å². The van der Waals surface area contributed by atoms with E-state index in [1.807, 2.05) is 18.2 Å². The van der Waals surface area contributed by atoms with Gasteiger partial charge in [0.2, 0.25) is 0 Å². The maximum absolute atomic E-state index is 6.12. The van der Waals surface area contributed by atoms with E-state index in [0.29, 0.717) is 6.61 Å². The predicted molar refractivity (Wildman–Crippen MR) is 130 cm³/mol. The highest BCUT2D eigenvalue weighted by atomic mass is 16.5. The van der Waals surface area contributed by atoms with Crippen LogP contribution in [0, 0.1) is 13.8 Å². The average molecular weight is 430 g/mol. The summed E-state index contributed by atoms with van der Waals surface area (Å²) in [5.41, 5.74) is 7.13. The van der Waals surface area contributed by atoms with Gasteiger partial charge in [-0.05, 0) is 77.9 Å². The fourth-order valence-electron chi connectivity index (χ4n) is 4.38. The van der Waals surface area contributed by atoms with Crippen molar-refractivity contribution < 1.29 is 14.2 Å². The second-order valence-electron chi connectivity index (χ2n) is 8.21. The van der Waals surface area contributed by atoms with Gasteiger partial charge in [-0.1, -0.05) is 42.5 Å². The van der Waals surface area contributed by atoms with Crippen LogP contribution in [0.5, 0.6) is 17.2 Å².